The number of carbonyl (C=O) groups is 2. The van der Waals surface area contributed by atoms with E-state index in [1.807, 2.05) is 51.1 Å². The average molecular weight is 418 g/mol. The predicted octanol–water partition coefficient (Wildman–Crippen LogP) is 3.79. The summed E-state index contributed by atoms with van der Waals surface area (Å²) in [6.07, 6.45) is 2.31. The summed E-state index contributed by atoms with van der Waals surface area (Å²) in [7, 11) is 0. The van der Waals surface area contributed by atoms with Crippen LogP contribution in [0.15, 0.2) is 77.7 Å². The van der Waals surface area contributed by atoms with E-state index in [2.05, 4.69) is 10.6 Å². The van der Waals surface area contributed by atoms with Gasteiger partial charge in [0.05, 0.1) is 0 Å². The van der Waals surface area contributed by atoms with Crippen molar-refractivity contribution >= 4 is 17.5 Å². The van der Waals surface area contributed by atoms with E-state index in [1.165, 1.54) is 10.6 Å². The lowest BCUT2D eigenvalue weighted by atomic mass is 9.95. The highest BCUT2D eigenvalue weighted by Crippen LogP contribution is 2.18. The third-order valence-electron chi connectivity index (χ3n) is 4.82. The van der Waals surface area contributed by atoms with Gasteiger partial charge in [-0.1, -0.05) is 51.1 Å². The molecule has 0 bridgehead atoms. The number of amides is 2. The number of nitrogens with one attached hydrogen (secondary N) is 2. The Bertz CT molecular complexity index is 1110. The van der Waals surface area contributed by atoms with Gasteiger partial charge in [-0.3, -0.25) is 19.0 Å². The third-order valence-corrected chi connectivity index (χ3v) is 4.82. The van der Waals surface area contributed by atoms with Gasteiger partial charge in [-0.25, -0.2) is 0 Å². The molecular weight excluding hydrogens is 390 g/mol. The van der Waals surface area contributed by atoms with E-state index in [0.29, 0.717) is 24.3 Å². The van der Waals surface area contributed by atoms with E-state index < -0.39 is 16.9 Å². The maximum Gasteiger partial charge on any atom is 0.267 e. The molecule has 160 valence electrons. The lowest BCUT2D eigenvalue weighted by molar-refractivity contribution is -0.123. The van der Waals surface area contributed by atoms with Crippen LogP contribution in [0.1, 0.15) is 36.7 Å². The van der Waals surface area contributed by atoms with Gasteiger partial charge in [0.2, 0.25) is 5.91 Å². The Labute approximate surface area is 181 Å². The van der Waals surface area contributed by atoms with Crippen LogP contribution in [0.2, 0.25) is 0 Å². The monoisotopic (exact) mass is 417 g/mol. The second-order valence-electron chi connectivity index (χ2n) is 8.34. The molecule has 31 heavy (non-hydrogen) atoms. The number of anilines is 1. The summed E-state index contributed by atoms with van der Waals surface area (Å²) in [5.74, 6) is -0.490. The number of aromatic nitrogens is 1. The van der Waals surface area contributed by atoms with Crippen LogP contribution in [-0.2, 0) is 11.2 Å². The molecule has 0 aliphatic carbocycles. The molecule has 0 atom stereocenters. The summed E-state index contributed by atoms with van der Waals surface area (Å²) in [6, 6.07) is 20.0. The van der Waals surface area contributed by atoms with E-state index in [0.717, 1.165) is 5.56 Å². The molecule has 3 aromatic rings. The summed E-state index contributed by atoms with van der Waals surface area (Å²) in [6.45, 7) is 5.96. The van der Waals surface area contributed by atoms with Gasteiger partial charge in [0.25, 0.3) is 11.5 Å². The van der Waals surface area contributed by atoms with Crippen molar-refractivity contribution in [2.45, 2.75) is 27.2 Å². The van der Waals surface area contributed by atoms with Gasteiger partial charge in [0.15, 0.2) is 0 Å². The molecule has 0 saturated carbocycles. The first-order chi connectivity index (χ1) is 14.8. The maximum atomic E-state index is 12.9. The van der Waals surface area contributed by atoms with Gasteiger partial charge >= 0.3 is 0 Å². The van der Waals surface area contributed by atoms with E-state index in [1.54, 1.807) is 36.5 Å². The first-order valence-corrected chi connectivity index (χ1v) is 10.2. The molecule has 6 nitrogen and oxygen atoms in total. The fourth-order valence-corrected chi connectivity index (χ4v) is 2.95. The van der Waals surface area contributed by atoms with Gasteiger partial charge in [0, 0.05) is 29.5 Å². The smallest absolute Gasteiger partial charge is 0.267 e. The molecule has 0 aliphatic heterocycles. The van der Waals surface area contributed by atoms with Crippen LogP contribution in [0.3, 0.4) is 0 Å². The van der Waals surface area contributed by atoms with Gasteiger partial charge in [-0.05, 0) is 48.4 Å². The van der Waals surface area contributed by atoms with Crippen LogP contribution in [0, 0.1) is 5.41 Å². The zero-order chi connectivity index (χ0) is 22.4. The molecule has 0 aliphatic rings. The highest BCUT2D eigenvalue weighted by molar-refractivity contribution is 5.95. The second kappa shape index (κ2) is 9.43. The highest BCUT2D eigenvalue weighted by atomic mass is 16.2. The number of benzene rings is 2. The second-order valence-corrected chi connectivity index (χ2v) is 8.34. The molecule has 0 unspecified atom stereocenters. The van der Waals surface area contributed by atoms with E-state index in [9.17, 15) is 14.4 Å². The van der Waals surface area contributed by atoms with E-state index in [-0.39, 0.29) is 11.5 Å². The van der Waals surface area contributed by atoms with Crippen molar-refractivity contribution in [2.24, 2.45) is 5.41 Å². The van der Waals surface area contributed by atoms with Crippen LogP contribution >= 0.6 is 0 Å². The minimum absolute atomic E-state index is 0.0840. The summed E-state index contributed by atoms with van der Waals surface area (Å²) >= 11 is 0. The Balaban J connectivity index is 1.70. The topological polar surface area (TPSA) is 80.2 Å². The fourth-order valence-electron chi connectivity index (χ4n) is 2.95. The number of hydrogen-bond acceptors (Lipinski definition) is 3. The van der Waals surface area contributed by atoms with Crippen LogP contribution in [0.4, 0.5) is 5.69 Å². The predicted molar refractivity (Wildman–Crippen MR) is 123 cm³/mol. The number of carbonyl (C=O) groups excluding carboxylic acids is 2. The number of pyridine rings is 1. The van der Waals surface area contributed by atoms with Crippen molar-refractivity contribution in [2.75, 3.05) is 11.9 Å². The van der Waals surface area contributed by atoms with Gasteiger partial charge < -0.3 is 10.6 Å². The van der Waals surface area contributed by atoms with E-state index >= 15 is 0 Å². The molecule has 0 saturated heterocycles. The zero-order valence-corrected chi connectivity index (χ0v) is 18.0. The summed E-state index contributed by atoms with van der Waals surface area (Å²) in [5.41, 5.74) is 1.56. The molecular formula is C25H27N3O3. The molecule has 1 heterocycles. The van der Waals surface area contributed by atoms with Gasteiger partial charge in [-0.2, -0.15) is 0 Å². The lowest BCUT2D eigenvalue weighted by Crippen LogP contribution is -2.33. The van der Waals surface area contributed by atoms with Crippen LogP contribution in [0.25, 0.3) is 5.69 Å². The molecule has 2 aromatic carbocycles. The normalized spacial score (nSPS) is 11.1. The minimum atomic E-state index is -0.502. The van der Waals surface area contributed by atoms with Crippen LogP contribution < -0.4 is 16.2 Å². The Hall–Kier alpha value is -3.67. The SMILES string of the molecule is CC(C)(C)C(=O)Nc1ccc(-n2cccc(C(=O)NCCc3ccccc3)c2=O)cc1. The number of rotatable bonds is 6. The number of hydrogen-bond donors (Lipinski definition) is 2. The average Bonchev–Trinajstić information content (AvgIpc) is 2.74. The molecule has 6 heteroatoms. The Kier molecular flexibility index (Phi) is 6.70. The first kappa shape index (κ1) is 22.0. The van der Waals surface area contributed by atoms with Crippen LogP contribution in [-0.4, -0.2) is 22.9 Å². The fraction of sp³-hybridized carbons (Fsp3) is 0.240. The molecule has 1 aromatic heterocycles. The number of nitrogens with zero attached hydrogens (tertiary/aromatic N) is 1. The molecule has 0 spiro atoms. The first-order valence-electron chi connectivity index (χ1n) is 10.2. The molecule has 0 fully saturated rings. The van der Waals surface area contributed by atoms with Gasteiger partial charge in [-0.15, -0.1) is 0 Å². The Morgan fingerprint density at radius 1 is 0.903 bits per heavy atom. The molecule has 0 radical (unpaired) electrons. The quantitative estimate of drug-likeness (QED) is 0.640. The van der Waals surface area contributed by atoms with Crippen molar-refractivity contribution < 1.29 is 9.59 Å². The molecule has 2 amide bonds. The van der Waals surface area contributed by atoms with Crippen LogP contribution in [0.5, 0.6) is 0 Å². The Morgan fingerprint density at radius 2 is 1.58 bits per heavy atom. The zero-order valence-electron chi connectivity index (χ0n) is 18.0. The van der Waals surface area contributed by atoms with Gasteiger partial charge in [0.1, 0.15) is 5.56 Å². The maximum absolute atomic E-state index is 12.9. The largest absolute Gasteiger partial charge is 0.352 e. The molecule has 2 N–H and O–H groups in total. The Morgan fingerprint density at radius 3 is 2.23 bits per heavy atom. The molecule has 3 rings (SSSR count). The lowest BCUT2D eigenvalue weighted by Gasteiger charge is -2.18. The van der Waals surface area contributed by atoms with Crippen molar-refractivity contribution in [3.8, 4) is 5.69 Å². The third kappa shape index (κ3) is 5.69. The van der Waals surface area contributed by atoms with E-state index in [4.69, 9.17) is 0 Å². The minimum Gasteiger partial charge on any atom is -0.352 e. The van der Waals surface area contributed by atoms with Crippen molar-refractivity contribution in [1.82, 2.24) is 9.88 Å². The van der Waals surface area contributed by atoms with Crippen molar-refractivity contribution in [3.05, 3.63) is 94.4 Å². The summed E-state index contributed by atoms with van der Waals surface area (Å²) in [4.78, 5) is 37.5. The summed E-state index contributed by atoms with van der Waals surface area (Å²) in [5, 5.41) is 5.66. The summed E-state index contributed by atoms with van der Waals surface area (Å²) < 4.78 is 1.42. The standard InChI is InChI=1S/C25H27N3O3/c1-25(2,3)24(31)27-19-11-13-20(14-12-19)28-17-7-10-21(23(28)30)22(29)26-16-15-18-8-5-4-6-9-18/h4-14,17H,15-16H2,1-3H3,(H,26,29)(H,27,31). The van der Waals surface area contributed by atoms with Crippen molar-refractivity contribution in [3.63, 3.8) is 0 Å². The highest BCUT2D eigenvalue weighted by Gasteiger charge is 2.21. The van der Waals surface area contributed by atoms with Crippen molar-refractivity contribution in [1.29, 1.82) is 0 Å².